The first-order chi connectivity index (χ1) is 14.7. The highest BCUT2D eigenvalue weighted by Gasteiger charge is 2.24. The van der Waals surface area contributed by atoms with Crippen molar-refractivity contribution in [3.05, 3.63) is 83.7 Å². The number of aromatic nitrogens is 1. The lowest BCUT2D eigenvalue weighted by molar-refractivity contribution is 0.0984. The predicted molar refractivity (Wildman–Crippen MR) is 114 cm³/mol. The van der Waals surface area contributed by atoms with Crippen molar-refractivity contribution in [3.63, 3.8) is 0 Å². The predicted octanol–water partition coefficient (Wildman–Crippen LogP) is 5.05. The van der Waals surface area contributed by atoms with E-state index < -0.39 is 0 Å². The fraction of sp³-hybridized carbons (Fsp3) is 0.130. The Morgan fingerprint density at radius 2 is 1.80 bits per heavy atom. The molecule has 1 aliphatic heterocycles. The van der Waals surface area contributed by atoms with E-state index in [9.17, 15) is 9.18 Å². The number of hydrogen-bond acceptors (Lipinski definition) is 5. The fourth-order valence-electron chi connectivity index (χ4n) is 3.33. The second-order valence-electron chi connectivity index (χ2n) is 6.84. The smallest absolute Gasteiger partial charge is 0.260 e. The Hall–Kier alpha value is -3.45. The molecule has 2 heterocycles. The molecule has 0 saturated carbocycles. The average Bonchev–Trinajstić information content (AvgIpc) is 3.20. The third kappa shape index (κ3) is 3.59. The number of rotatable bonds is 4. The third-order valence-electron chi connectivity index (χ3n) is 4.79. The van der Waals surface area contributed by atoms with Crippen LogP contribution in [0.3, 0.4) is 0 Å². The normalized spacial score (nSPS) is 12.7. The van der Waals surface area contributed by atoms with E-state index in [4.69, 9.17) is 9.47 Å². The van der Waals surface area contributed by atoms with Gasteiger partial charge < -0.3 is 9.47 Å². The van der Waals surface area contributed by atoms with Crippen LogP contribution in [0.25, 0.3) is 10.2 Å². The molecule has 1 amide bonds. The van der Waals surface area contributed by atoms with Crippen LogP contribution in [-0.4, -0.2) is 24.1 Å². The second-order valence-corrected chi connectivity index (χ2v) is 7.85. The van der Waals surface area contributed by atoms with E-state index in [2.05, 4.69) is 4.98 Å². The van der Waals surface area contributed by atoms with Crippen LogP contribution in [0.5, 0.6) is 11.5 Å². The number of fused-ring (bicyclic) bond motifs is 2. The molecule has 5 rings (SSSR count). The van der Waals surface area contributed by atoms with Gasteiger partial charge in [-0.3, -0.25) is 9.69 Å². The molecule has 30 heavy (non-hydrogen) atoms. The van der Waals surface area contributed by atoms with E-state index >= 15 is 0 Å². The zero-order valence-electron chi connectivity index (χ0n) is 15.9. The molecule has 0 atom stereocenters. The number of carbonyl (C=O) groups is 1. The van der Waals surface area contributed by atoms with Gasteiger partial charge in [-0.25, -0.2) is 9.37 Å². The largest absolute Gasteiger partial charge is 0.486 e. The van der Waals surface area contributed by atoms with Gasteiger partial charge in [-0.05, 0) is 42.0 Å². The maximum absolute atomic E-state index is 13.7. The summed E-state index contributed by atoms with van der Waals surface area (Å²) in [5, 5.41) is 0.513. The standard InChI is InChI=1S/C23H17FN2O3S/c24-17-7-8-18-21(13-17)30-23(25-18)26(14-15-4-2-1-3-5-15)22(27)16-6-9-19-20(12-16)29-11-10-28-19/h1-9,12-13H,10-11,14H2. The minimum absolute atomic E-state index is 0.213. The quantitative estimate of drug-likeness (QED) is 0.463. The van der Waals surface area contributed by atoms with E-state index in [-0.39, 0.29) is 11.7 Å². The summed E-state index contributed by atoms with van der Waals surface area (Å²) < 4.78 is 25.5. The SMILES string of the molecule is O=C(c1ccc2c(c1)OCCO2)N(Cc1ccccc1)c1nc2ccc(F)cc2s1. The minimum atomic E-state index is -0.328. The number of halogens is 1. The molecule has 0 bridgehead atoms. The highest BCUT2D eigenvalue weighted by atomic mass is 32.1. The number of ether oxygens (including phenoxy) is 2. The van der Waals surface area contributed by atoms with E-state index in [1.165, 1.54) is 23.5 Å². The van der Waals surface area contributed by atoms with Gasteiger partial charge >= 0.3 is 0 Å². The van der Waals surface area contributed by atoms with Crippen molar-refractivity contribution in [2.75, 3.05) is 18.1 Å². The number of benzene rings is 3. The van der Waals surface area contributed by atoms with Gasteiger partial charge in [0.15, 0.2) is 16.6 Å². The van der Waals surface area contributed by atoms with Crippen LogP contribution in [0.1, 0.15) is 15.9 Å². The van der Waals surface area contributed by atoms with Crippen LogP contribution in [0, 0.1) is 5.82 Å². The van der Waals surface area contributed by atoms with Gasteiger partial charge in [0.25, 0.3) is 5.91 Å². The Morgan fingerprint density at radius 1 is 1.00 bits per heavy atom. The Morgan fingerprint density at radius 3 is 2.63 bits per heavy atom. The number of amides is 1. The highest BCUT2D eigenvalue weighted by molar-refractivity contribution is 7.22. The molecule has 150 valence electrons. The summed E-state index contributed by atoms with van der Waals surface area (Å²) in [5.74, 6) is 0.641. The fourth-order valence-corrected chi connectivity index (χ4v) is 4.31. The third-order valence-corrected chi connectivity index (χ3v) is 5.83. The van der Waals surface area contributed by atoms with Crippen LogP contribution in [0.4, 0.5) is 9.52 Å². The average molecular weight is 420 g/mol. The first-order valence-corrected chi connectivity index (χ1v) is 10.3. The zero-order chi connectivity index (χ0) is 20.5. The Bertz CT molecular complexity index is 1230. The van der Waals surface area contributed by atoms with Gasteiger partial charge in [0.05, 0.1) is 16.8 Å². The van der Waals surface area contributed by atoms with Crippen molar-refractivity contribution in [1.82, 2.24) is 4.98 Å². The molecule has 5 nitrogen and oxygen atoms in total. The number of nitrogens with zero attached hydrogens (tertiary/aromatic N) is 2. The van der Waals surface area contributed by atoms with E-state index in [1.807, 2.05) is 30.3 Å². The van der Waals surface area contributed by atoms with Gasteiger partial charge in [0, 0.05) is 5.56 Å². The molecule has 4 aromatic rings. The minimum Gasteiger partial charge on any atom is -0.486 e. The molecule has 0 aliphatic carbocycles. The van der Waals surface area contributed by atoms with Gasteiger partial charge in [-0.2, -0.15) is 0 Å². The van der Waals surface area contributed by atoms with Crippen molar-refractivity contribution in [1.29, 1.82) is 0 Å². The lowest BCUT2D eigenvalue weighted by Crippen LogP contribution is -2.30. The summed E-state index contributed by atoms with van der Waals surface area (Å²) in [6.45, 7) is 1.28. The molecule has 0 fully saturated rings. The molecule has 0 radical (unpaired) electrons. The van der Waals surface area contributed by atoms with Crippen molar-refractivity contribution in [2.24, 2.45) is 0 Å². The zero-order valence-corrected chi connectivity index (χ0v) is 16.7. The molecule has 7 heteroatoms. The molecular weight excluding hydrogens is 403 g/mol. The van der Waals surface area contributed by atoms with Gasteiger partial charge in [-0.15, -0.1) is 0 Å². The monoisotopic (exact) mass is 420 g/mol. The summed E-state index contributed by atoms with van der Waals surface area (Å²) in [5.41, 5.74) is 2.10. The van der Waals surface area contributed by atoms with Crippen molar-refractivity contribution < 1.29 is 18.7 Å². The number of hydrogen-bond donors (Lipinski definition) is 0. The summed E-state index contributed by atoms with van der Waals surface area (Å²) in [7, 11) is 0. The molecule has 0 unspecified atom stereocenters. The maximum atomic E-state index is 13.7. The summed E-state index contributed by atoms with van der Waals surface area (Å²) in [6, 6.07) is 19.3. The van der Waals surface area contributed by atoms with Gasteiger partial charge in [-0.1, -0.05) is 41.7 Å². The maximum Gasteiger partial charge on any atom is 0.260 e. The van der Waals surface area contributed by atoms with E-state index in [0.717, 1.165) is 5.56 Å². The molecule has 3 aromatic carbocycles. The Balaban J connectivity index is 1.55. The van der Waals surface area contributed by atoms with Crippen LogP contribution in [-0.2, 0) is 6.54 Å². The first-order valence-electron chi connectivity index (χ1n) is 9.49. The van der Waals surface area contributed by atoms with Gasteiger partial charge in [0.2, 0.25) is 0 Å². The lowest BCUT2D eigenvalue weighted by Gasteiger charge is -2.22. The summed E-state index contributed by atoms with van der Waals surface area (Å²) in [6.07, 6.45) is 0. The number of carbonyl (C=O) groups excluding carboxylic acids is 1. The van der Waals surface area contributed by atoms with Crippen LogP contribution >= 0.6 is 11.3 Å². The van der Waals surface area contributed by atoms with E-state index in [1.54, 1.807) is 29.2 Å². The van der Waals surface area contributed by atoms with E-state index in [0.29, 0.717) is 52.2 Å². The molecule has 0 saturated heterocycles. The Kier molecular flexibility index (Phi) is 4.80. The number of thiazole rings is 1. The van der Waals surface area contributed by atoms with Crippen molar-refractivity contribution in [2.45, 2.75) is 6.54 Å². The van der Waals surface area contributed by atoms with Crippen LogP contribution in [0.15, 0.2) is 66.7 Å². The highest BCUT2D eigenvalue weighted by Crippen LogP contribution is 2.34. The van der Waals surface area contributed by atoms with Crippen molar-refractivity contribution in [3.8, 4) is 11.5 Å². The Labute approximate surface area is 176 Å². The van der Waals surface area contributed by atoms with Crippen LogP contribution < -0.4 is 14.4 Å². The van der Waals surface area contributed by atoms with Crippen LogP contribution in [0.2, 0.25) is 0 Å². The second kappa shape index (κ2) is 7.76. The number of anilines is 1. The molecular formula is C23H17FN2O3S. The van der Waals surface area contributed by atoms with Gasteiger partial charge in [0.1, 0.15) is 19.0 Å². The first kappa shape index (κ1) is 18.6. The molecule has 0 spiro atoms. The van der Waals surface area contributed by atoms with Crippen molar-refractivity contribution >= 4 is 32.6 Å². The summed E-state index contributed by atoms with van der Waals surface area (Å²) >= 11 is 1.29. The molecule has 1 aromatic heterocycles. The summed E-state index contributed by atoms with van der Waals surface area (Å²) in [4.78, 5) is 19.7. The molecule has 0 N–H and O–H groups in total. The lowest BCUT2D eigenvalue weighted by atomic mass is 10.1. The molecule has 1 aliphatic rings. The topological polar surface area (TPSA) is 51.7 Å².